The van der Waals surface area contributed by atoms with Crippen molar-refractivity contribution in [3.05, 3.63) is 84.7 Å². The molecule has 3 aromatic carbocycles. The number of rotatable bonds is 8. The van der Waals surface area contributed by atoms with Crippen molar-refractivity contribution in [2.75, 3.05) is 13.2 Å². The smallest absolute Gasteiger partial charge is 0.131 e. The summed E-state index contributed by atoms with van der Waals surface area (Å²) in [5, 5.41) is 0. The van der Waals surface area contributed by atoms with Crippen LogP contribution >= 0.6 is 0 Å². The Kier molecular flexibility index (Phi) is 6.49. The molecule has 0 aromatic heterocycles. The summed E-state index contributed by atoms with van der Waals surface area (Å²) in [6.07, 6.45) is 2.57. The van der Waals surface area contributed by atoms with Crippen LogP contribution in [0.15, 0.2) is 73.3 Å². The third-order valence-electron chi connectivity index (χ3n) is 4.50. The zero-order chi connectivity index (χ0) is 19.9. The Morgan fingerprint density at radius 1 is 0.821 bits per heavy atom. The van der Waals surface area contributed by atoms with Gasteiger partial charge in [-0.05, 0) is 66.8 Å². The lowest BCUT2D eigenvalue weighted by Gasteiger charge is -2.19. The zero-order valence-corrected chi connectivity index (χ0v) is 16.4. The van der Waals surface area contributed by atoms with E-state index in [0.29, 0.717) is 19.6 Å². The monoisotopic (exact) mass is 376 g/mol. The Hall–Kier alpha value is -3.07. The van der Waals surface area contributed by atoms with E-state index < -0.39 is 0 Å². The van der Waals surface area contributed by atoms with E-state index in [9.17, 15) is 4.39 Å². The second-order valence-corrected chi connectivity index (χ2v) is 6.37. The standard InChI is InChI=1S/C25H25FO2/c1-4-7-20-12-17-23(18-10-15-22(16-11-18)27-5-2)24(25(20)28-6-3)19-8-13-21(26)14-9-19/h4,8-17H,1,5-7H2,2-3H3. The SMILES string of the molecule is C=CCc1ccc(-c2ccc(OCC)cc2)c(-c2ccc(F)cc2)c1OCC. The highest BCUT2D eigenvalue weighted by molar-refractivity contribution is 5.88. The molecule has 0 saturated carbocycles. The molecule has 3 rings (SSSR count). The summed E-state index contributed by atoms with van der Waals surface area (Å²) < 4.78 is 25.2. The number of benzene rings is 3. The van der Waals surface area contributed by atoms with E-state index >= 15 is 0 Å². The summed E-state index contributed by atoms with van der Waals surface area (Å²) in [5.74, 6) is 1.40. The van der Waals surface area contributed by atoms with Crippen LogP contribution in [0, 0.1) is 5.82 Å². The van der Waals surface area contributed by atoms with Gasteiger partial charge in [0.2, 0.25) is 0 Å². The normalized spacial score (nSPS) is 10.5. The van der Waals surface area contributed by atoms with Gasteiger partial charge in [-0.15, -0.1) is 6.58 Å². The van der Waals surface area contributed by atoms with Crippen molar-refractivity contribution < 1.29 is 13.9 Å². The van der Waals surface area contributed by atoms with Gasteiger partial charge in [0, 0.05) is 5.56 Å². The minimum Gasteiger partial charge on any atom is -0.494 e. The topological polar surface area (TPSA) is 18.5 Å². The molecule has 0 bridgehead atoms. The molecule has 0 aliphatic heterocycles. The van der Waals surface area contributed by atoms with Gasteiger partial charge in [0.15, 0.2) is 0 Å². The van der Waals surface area contributed by atoms with Crippen LogP contribution in [0.2, 0.25) is 0 Å². The van der Waals surface area contributed by atoms with E-state index in [1.54, 1.807) is 12.1 Å². The maximum Gasteiger partial charge on any atom is 0.131 e. The first-order valence-corrected chi connectivity index (χ1v) is 9.56. The van der Waals surface area contributed by atoms with Crippen LogP contribution < -0.4 is 9.47 Å². The summed E-state index contributed by atoms with van der Waals surface area (Å²) in [6.45, 7) is 8.97. The first-order valence-electron chi connectivity index (χ1n) is 9.56. The number of ether oxygens (including phenoxy) is 2. The van der Waals surface area contributed by atoms with Crippen molar-refractivity contribution in [3.8, 4) is 33.8 Å². The van der Waals surface area contributed by atoms with E-state index in [4.69, 9.17) is 9.47 Å². The molecule has 144 valence electrons. The third kappa shape index (κ3) is 4.25. The summed E-state index contributed by atoms with van der Waals surface area (Å²) in [5.41, 5.74) is 5.02. The highest BCUT2D eigenvalue weighted by atomic mass is 19.1. The third-order valence-corrected chi connectivity index (χ3v) is 4.50. The average Bonchev–Trinajstić information content (AvgIpc) is 2.71. The van der Waals surface area contributed by atoms with E-state index in [0.717, 1.165) is 39.3 Å². The van der Waals surface area contributed by atoms with Gasteiger partial charge < -0.3 is 9.47 Å². The van der Waals surface area contributed by atoms with Gasteiger partial charge in [-0.3, -0.25) is 0 Å². The Labute approximate surface area is 166 Å². The maximum atomic E-state index is 13.5. The molecule has 3 aromatic rings. The van der Waals surface area contributed by atoms with Crippen LogP contribution in [0.4, 0.5) is 4.39 Å². The number of hydrogen-bond acceptors (Lipinski definition) is 2. The molecule has 0 spiro atoms. The fraction of sp³-hybridized carbons (Fsp3) is 0.200. The predicted molar refractivity (Wildman–Crippen MR) is 114 cm³/mol. The van der Waals surface area contributed by atoms with Crippen LogP contribution in [-0.2, 0) is 6.42 Å². The Morgan fingerprint density at radius 3 is 2.07 bits per heavy atom. The van der Waals surface area contributed by atoms with E-state index in [2.05, 4.69) is 18.7 Å². The van der Waals surface area contributed by atoms with Crippen LogP contribution in [0.5, 0.6) is 11.5 Å². The van der Waals surface area contributed by atoms with Crippen LogP contribution in [0.25, 0.3) is 22.3 Å². The first kappa shape index (κ1) is 19.7. The van der Waals surface area contributed by atoms with Gasteiger partial charge in [-0.25, -0.2) is 4.39 Å². The van der Waals surface area contributed by atoms with Gasteiger partial charge in [0.25, 0.3) is 0 Å². The maximum absolute atomic E-state index is 13.5. The van der Waals surface area contributed by atoms with Gasteiger partial charge in [-0.1, -0.05) is 42.5 Å². The fourth-order valence-electron chi connectivity index (χ4n) is 3.29. The van der Waals surface area contributed by atoms with Gasteiger partial charge in [0.1, 0.15) is 17.3 Å². The molecule has 0 heterocycles. The predicted octanol–water partition coefficient (Wildman–Crippen LogP) is 6.69. The quantitative estimate of drug-likeness (QED) is 0.408. The van der Waals surface area contributed by atoms with Crippen molar-refractivity contribution in [1.82, 2.24) is 0 Å². The van der Waals surface area contributed by atoms with Crippen LogP contribution in [0.3, 0.4) is 0 Å². The Bertz CT molecular complexity index is 928. The van der Waals surface area contributed by atoms with Crippen molar-refractivity contribution in [2.45, 2.75) is 20.3 Å². The van der Waals surface area contributed by atoms with Crippen molar-refractivity contribution >= 4 is 0 Å². The second kappa shape index (κ2) is 9.23. The minimum absolute atomic E-state index is 0.258. The first-order chi connectivity index (χ1) is 13.7. The largest absolute Gasteiger partial charge is 0.494 e. The number of halogens is 1. The van der Waals surface area contributed by atoms with Crippen LogP contribution in [-0.4, -0.2) is 13.2 Å². The lowest BCUT2D eigenvalue weighted by atomic mass is 9.90. The van der Waals surface area contributed by atoms with Gasteiger partial charge >= 0.3 is 0 Å². The summed E-state index contributed by atoms with van der Waals surface area (Å²) in [6, 6.07) is 18.7. The molecule has 0 saturated heterocycles. The molecular weight excluding hydrogens is 351 g/mol. The van der Waals surface area contributed by atoms with Crippen LogP contribution in [0.1, 0.15) is 19.4 Å². The molecule has 28 heavy (non-hydrogen) atoms. The number of hydrogen-bond donors (Lipinski definition) is 0. The Balaban J connectivity index is 2.21. The lowest BCUT2D eigenvalue weighted by molar-refractivity contribution is 0.339. The Morgan fingerprint density at radius 2 is 1.46 bits per heavy atom. The molecule has 0 atom stereocenters. The molecule has 2 nitrogen and oxygen atoms in total. The molecule has 3 heteroatoms. The van der Waals surface area contributed by atoms with E-state index in [-0.39, 0.29) is 5.82 Å². The molecule has 0 aliphatic carbocycles. The summed E-state index contributed by atoms with van der Waals surface area (Å²) in [7, 11) is 0. The number of allylic oxidation sites excluding steroid dienone is 1. The molecule has 0 fully saturated rings. The second-order valence-electron chi connectivity index (χ2n) is 6.37. The molecule has 0 aliphatic rings. The average molecular weight is 376 g/mol. The summed E-state index contributed by atoms with van der Waals surface area (Å²) in [4.78, 5) is 0. The fourth-order valence-corrected chi connectivity index (χ4v) is 3.29. The van der Waals surface area contributed by atoms with Crippen molar-refractivity contribution in [2.24, 2.45) is 0 Å². The van der Waals surface area contributed by atoms with Gasteiger partial charge in [0.05, 0.1) is 13.2 Å². The molecular formula is C25H25FO2. The molecule has 0 unspecified atom stereocenters. The zero-order valence-electron chi connectivity index (χ0n) is 16.4. The molecule has 0 N–H and O–H groups in total. The lowest BCUT2D eigenvalue weighted by Crippen LogP contribution is -2.01. The highest BCUT2D eigenvalue weighted by Crippen LogP contribution is 2.42. The van der Waals surface area contributed by atoms with Crippen molar-refractivity contribution in [1.29, 1.82) is 0 Å². The van der Waals surface area contributed by atoms with E-state index in [1.165, 1.54) is 12.1 Å². The van der Waals surface area contributed by atoms with E-state index in [1.807, 2.05) is 44.2 Å². The minimum atomic E-state index is -0.258. The molecule has 0 radical (unpaired) electrons. The molecule has 0 amide bonds. The van der Waals surface area contributed by atoms with Crippen molar-refractivity contribution in [3.63, 3.8) is 0 Å². The van der Waals surface area contributed by atoms with Gasteiger partial charge in [-0.2, -0.15) is 0 Å². The summed E-state index contributed by atoms with van der Waals surface area (Å²) >= 11 is 0. The highest BCUT2D eigenvalue weighted by Gasteiger charge is 2.17.